The number of anilines is 1. The van der Waals surface area contributed by atoms with E-state index in [4.69, 9.17) is 22.1 Å². The Hall–Kier alpha value is -0.370. The van der Waals surface area contributed by atoms with Crippen molar-refractivity contribution in [2.24, 2.45) is 11.1 Å². The molecule has 1 fully saturated rings. The van der Waals surface area contributed by atoms with E-state index in [0.29, 0.717) is 18.1 Å². The number of halogens is 2. The van der Waals surface area contributed by atoms with E-state index in [1.807, 2.05) is 20.8 Å². The third-order valence-electron chi connectivity index (χ3n) is 4.41. The number of hydrogen-bond donors (Lipinski definition) is 2. The van der Waals surface area contributed by atoms with Crippen LogP contribution < -0.4 is 11.1 Å². The Morgan fingerprint density at radius 2 is 2.24 bits per heavy atom. The SMILES string of the molecule is CCOC1CC(N)(C(=O)Nc2ccc(Cl)cc2I)C1(C)C. The Bertz CT molecular complexity index is 565. The summed E-state index contributed by atoms with van der Waals surface area (Å²) in [6.45, 7) is 6.52. The fraction of sp³-hybridized carbons (Fsp3) is 0.533. The molecule has 21 heavy (non-hydrogen) atoms. The molecular formula is C15H20ClIN2O2. The minimum Gasteiger partial charge on any atom is -0.378 e. The highest BCUT2D eigenvalue weighted by Gasteiger charge is 2.62. The average Bonchev–Trinajstić information content (AvgIpc) is 2.41. The van der Waals surface area contributed by atoms with E-state index in [-0.39, 0.29) is 12.0 Å². The molecule has 1 aliphatic rings. The standard InChI is InChI=1S/C15H20ClIN2O2/c1-4-21-12-8-15(18,14(12,2)3)13(20)19-11-6-5-9(16)7-10(11)17/h5-7,12H,4,8,18H2,1-3H3,(H,19,20). The lowest BCUT2D eigenvalue weighted by Crippen LogP contribution is -2.74. The summed E-state index contributed by atoms with van der Waals surface area (Å²) in [5.74, 6) is -0.177. The van der Waals surface area contributed by atoms with Crippen molar-refractivity contribution in [2.45, 2.75) is 38.8 Å². The first-order valence-corrected chi connectivity index (χ1v) is 8.35. The molecule has 2 atom stereocenters. The van der Waals surface area contributed by atoms with Gasteiger partial charge in [-0.3, -0.25) is 4.79 Å². The van der Waals surface area contributed by atoms with Crippen molar-refractivity contribution < 1.29 is 9.53 Å². The summed E-state index contributed by atoms with van der Waals surface area (Å²) >= 11 is 8.06. The molecule has 2 rings (SSSR count). The fourth-order valence-electron chi connectivity index (χ4n) is 2.65. The van der Waals surface area contributed by atoms with Gasteiger partial charge in [-0.05, 0) is 47.7 Å². The second kappa shape index (κ2) is 6.02. The smallest absolute Gasteiger partial charge is 0.245 e. The molecule has 6 heteroatoms. The van der Waals surface area contributed by atoms with Crippen molar-refractivity contribution in [3.05, 3.63) is 26.8 Å². The molecule has 1 aromatic carbocycles. The van der Waals surface area contributed by atoms with Gasteiger partial charge in [0.1, 0.15) is 5.54 Å². The molecular weight excluding hydrogens is 403 g/mol. The second-order valence-electron chi connectivity index (χ2n) is 5.92. The van der Waals surface area contributed by atoms with E-state index in [0.717, 1.165) is 9.26 Å². The van der Waals surface area contributed by atoms with Gasteiger partial charge in [0.25, 0.3) is 0 Å². The zero-order valence-corrected chi connectivity index (χ0v) is 15.3. The van der Waals surface area contributed by atoms with Gasteiger partial charge in [0, 0.05) is 27.0 Å². The largest absolute Gasteiger partial charge is 0.378 e. The fourth-order valence-corrected chi connectivity index (χ4v) is 3.65. The third-order valence-corrected chi connectivity index (χ3v) is 5.54. The van der Waals surface area contributed by atoms with Gasteiger partial charge < -0.3 is 15.8 Å². The number of amides is 1. The molecule has 1 amide bonds. The normalized spacial score (nSPS) is 27.0. The lowest BCUT2D eigenvalue weighted by Gasteiger charge is -2.57. The van der Waals surface area contributed by atoms with Gasteiger partial charge in [-0.25, -0.2) is 0 Å². The topological polar surface area (TPSA) is 64.3 Å². The maximum Gasteiger partial charge on any atom is 0.245 e. The van der Waals surface area contributed by atoms with Crippen LogP contribution in [0.1, 0.15) is 27.2 Å². The van der Waals surface area contributed by atoms with Gasteiger partial charge in [0.05, 0.1) is 11.8 Å². The van der Waals surface area contributed by atoms with Crippen LogP contribution in [0.3, 0.4) is 0 Å². The molecule has 0 heterocycles. The average molecular weight is 423 g/mol. The van der Waals surface area contributed by atoms with Gasteiger partial charge >= 0.3 is 0 Å². The second-order valence-corrected chi connectivity index (χ2v) is 7.52. The molecule has 116 valence electrons. The third kappa shape index (κ3) is 2.93. The van der Waals surface area contributed by atoms with Crippen LogP contribution in [0, 0.1) is 8.99 Å². The summed E-state index contributed by atoms with van der Waals surface area (Å²) in [5.41, 5.74) is 5.76. The van der Waals surface area contributed by atoms with Gasteiger partial charge in [0.15, 0.2) is 0 Å². The Balaban J connectivity index is 2.14. The lowest BCUT2D eigenvalue weighted by atomic mass is 9.54. The number of carbonyl (C=O) groups excluding carboxylic acids is 1. The quantitative estimate of drug-likeness (QED) is 0.731. The van der Waals surface area contributed by atoms with Crippen molar-refractivity contribution in [1.82, 2.24) is 0 Å². The molecule has 1 aromatic rings. The summed E-state index contributed by atoms with van der Waals surface area (Å²) in [5, 5.41) is 3.55. The first kappa shape index (κ1) is 17.0. The van der Waals surface area contributed by atoms with Gasteiger partial charge in [-0.2, -0.15) is 0 Å². The number of hydrogen-bond acceptors (Lipinski definition) is 3. The predicted molar refractivity (Wildman–Crippen MR) is 93.5 cm³/mol. The zero-order chi connectivity index (χ0) is 15.8. The summed E-state index contributed by atoms with van der Waals surface area (Å²) in [6, 6.07) is 5.34. The van der Waals surface area contributed by atoms with E-state index < -0.39 is 11.0 Å². The van der Waals surface area contributed by atoms with E-state index in [1.165, 1.54) is 0 Å². The van der Waals surface area contributed by atoms with Crippen LogP contribution >= 0.6 is 34.2 Å². The molecule has 0 aliphatic heterocycles. The van der Waals surface area contributed by atoms with Gasteiger partial charge in [-0.15, -0.1) is 0 Å². The van der Waals surface area contributed by atoms with Crippen molar-refractivity contribution in [2.75, 3.05) is 11.9 Å². The highest BCUT2D eigenvalue weighted by Crippen LogP contribution is 2.50. The molecule has 0 saturated heterocycles. The summed E-state index contributed by atoms with van der Waals surface area (Å²) in [7, 11) is 0. The van der Waals surface area contributed by atoms with Crippen molar-refractivity contribution in [1.29, 1.82) is 0 Å². The molecule has 2 unspecified atom stereocenters. The first-order chi connectivity index (χ1) is 9.72. The van der Waals surface area contributed by atoms with Crippen LogP contribution in [0.2, 0.25) is 5.02 Å². The highest BCUT2D eigenvalue weighted by molar-refractivity contribution is 14.1. The molecule has 0 bridgehead atoms. The maximum atomic E-state index is 12.6. The van der Waals surface area contributed by atoms with Crippen molar-refractivity contribution in [3.8, 4) is 0 Å². The number of benzene rings is 1. The van der Waals surface area contributed by atoms with Crippen LogP contribution in [-0.4, -0.2) is 24.2 Å². The Kier molecular flexibility index (Phi) is 4.87. The molecule has 1 aliphatic carbocycles. The van der Waals surface area contributed by atoms with E-state index in [1.54, 1.807) is 18.2 Å². The number of rotatable bonds is 4. The van der Waals surface area contributed by atoms with E-state index in [2.05, 4.69) is 27.9 Å². The minimum atomic E-state index is -0.921. The van der Waals surface area contributed by atoms with Gasteiger partial charge in [0.2, 0.25) is 5.91 Å². The number of nitrogens with one attached hydrogen (secondary N) is 1. The van der Waals surface area contributed by atoms with Crippen LogP contribution in [0.5, 0.6) is 0 Å². The monoisotopic (exact) mass is 422 g/mol. The van der Waals surface area contributed by atoms with Crippen molar-refractivity contribution in [3.63, 3.8) is 0 Å². The van der Waals surface area contributed by atoms with Crippen LogP contribution in [0.25, 0.3) is 0 Å². The van der Waals surface area contributed by atoms with Gasteiger partial charge in [-0.1, -0.05) is 25.4 Å². The Morgan fingerprint density at radius 3 is 2.76 bits per heavy atom. The Labute approximate surface area is 143 Å². The van der Waals surface area contributed by atoms with Crippen molar-refractivity contribution >= 4 is 45.8 Å². The van der Waals surface area contributed by atoms with Crippen LogP contribution in [-0.2, 0) is 9.53 Å². The maximum absolute atomic E-state index is 12.6. The zero-order valence-electron chi connectivity index (χ0n) is 12.4. The molecule has 4 nitrogen and oxygen atoms in total. The molecule has 0 radical (unpaired) electrons. The summed E-state index contributed by atoms with van der Waals surface area (Å²) < 4.78 is 6.53. The molecule has 0 spiro atoms. The number of carbonyl (C=O) groups is 1. The predicted octanol–water partition coefficient (Wildman–Crippen LogP) is 3.42. The van der Waals surface area contributed by atoms with E-state index in [9.17, 15) is 4.79 Å². The molecule has 0 aromatic heterocycles. The van der Waals surface area contributed by atoms with Crippen LogP contribution in [0.4, 0.5) is 5.69 Å². The van der Waals surface area contributed by atoms with E-state index >= 15 is 0 Å². The Morgan fingerprint density at radius 1 is 1.57 bits per heavy atom. The lowest BCUT2D eigenvalue weighted by molar-refractivity contribution is -0.166. The molecule has 1 saturated carbocycles. The number of ether oxygens (including phenoxy) is 1. The first-order valence-electron chi connectivity index (χ1n) is 6.89. The highest BCUT2D eigenvalue weighted by atomic mass is 127. The van der Waals surface area contributed by atoms with Crippen LogP contribution in [0.15, 0.2) is 18.2 Å². The minimum absolute atomic E-state index is 0.0162. The summed E-state index contributed by atoms with van der Waals surface area (Å²) in [4.78, 5) is 12.6. The number of nitrogens with two attached hydrogens (primary N) is 1. The summed E-state index contributed by atoms with van der Waals surface area (Å²) in [6.07, 6.45) is 0.548. The molecule has 3 N–H and O–H groups in total.